The number of aromatic nitrogens is 6. The molecule has 0 atom stereocenters. The van der Waals surface area contributed by atoms with E-state index in [1.807, 2.05) is 13.8 Å². The first-order chi connectivity index (χ1) is 19.2. The van der Waals surface area contributed by atoms with Gasteiger partial charge in [-0.25, -0.2) is 14.4 Å². The maximum atomic E-state index is 13.3. The Balaban J connectivity index is 1.32. The van der Waals surface area contributed by atoms with Crippen LogP contribution in [-0.2, 0) is 4.74 Å². The van der Waals surface area contributed by atoms with Crippen molar-refractivity contribution in [3.8, 4) is 17.2 Å². The molecule has 0 aliphatic heterocycles. The van der Waals surface area contributed by atoms with Crippen molar-refractivity contribution in [2.45, 2.75) is 19.4 Å². The maximum absolute atomic E-state index is 13.3. The van der Waals surface area contributed by atoms with Gasteiger partial charge in [-0.15, -0.1) is 0 Å². The van der Waals surface area contributed by atoms with E-state index in [1.165, 1.54) is 42.7 Å². The maximum Gasteiger partial charge on any atom is 0.284 e. The van der Waals surface area contributed by atoms with Crippen LogP contribution in [-0.4, -0.2) is 55.1 Å². The largest absolute Gasteiger partial charge is 0.455 e. The number of amides is 1. The number of pyridine rings is 2. The van der Waals surface area contributed by atoms with Gasteiger partial charge in [0, 0.05) is 25.6 Å². The minimum Gasteiger partial charge on any atom is -0.455 e. The zero-order chi connectivity index (χ0) is 28.3. The van der Waals surface area contributed by atoms with Crippen LogP contribution in [0.1, 0.15) is 24.2 Å². The molecule has 4 heterocycles. The molecule has 0 aliphatic rings. The lowest BCUT2D eigenvalue weighted by atomic mass is 10.1. The number of ether oxygens (including phenoxy) is 2. The number of aromatic amines is 1. The van der Waals surface area contributed by atoms with Gasteiger partial charge < -0.3 is 20.1 Å². The second-order valence-corrected chi connectivity index (χ2v) is 9.42. The number of hydrogen-bond donors (Lipinski definition) is 3. The molecular formula is C27H25FN8O4. The van der Waals surface area contributed by atoms with Crippen LogP contribution in [0.5, 0.6) is 11.5 Å². The molecule has 40 heavy (non-hydrogen) atoms. The molecule has 5 aromatic rings. The second-order valence-electron chi connectivity index (χ2n) is 9.42. The Hall–Kier alpha value is -5.17. The first-order valence-corrected chi connectivity index (χ1v) is 12.1. The van der Waals surface area contributed by atoms with E-state index >= 15 is 0 Å². The molecule has 3 N–H and O–H groups in total. The standard InChI is InChI=1S/C27H25FN8O4/c1-27(2,15-39-3)33-24-22-20(11-12-29-23(22)34-35-24)40-18-8-9-21(30-14-18)32-25(37)19-10-13-31-36(26(19)38)17-6-4-16(28)5-7-17/h4-14H,15H2,1-3H3,(H,30,32,37)(H2,29,33,34,35). The van der Waals surface area contributed by atoms with Gasteiger partial charge in [0.25, 0.3) is 11.5 Å². The third kappa shape index (κ3) is 5.63. The van der Waals surface area contributed by atoms with E-state index in [9.17, 15) is 14.0 Å². The monoisotopic (exact) mass is 544 g/mol. The van der Waals surface area contributed by atoms with E-state index < -0.39 is 22.8 Å². The Bertz CT molecular complexity index is 1720. The number of rotatable bonds is 9. The number of anilines is 2. The van der Waals surface area contributed by atoms with Gasteiger partial charge in [-0.05, 0) is 56.3 Å². The van der Waals surface area contributed by atoms with E-state index in [2.05, 4.69) is 35.9 Å². The van der Waals surface area contributed by atoms with Gasteiger partial charge in [-0.2, -0.15) is 14.9 Å². The molecule has 0 saturated carbocycles. The molecule has 0 radical (unpaired) electrons. The summed E-state index contributed by atoms with van der Waals surface area (Å²) in [6.45, 7) is 4.41. The molecule has 0 bridgehead atoms. The van der Waals surface area contributed by atoms with Gasteiger partial charge in [0.15, 0.2) is 11.5 Å². The second kappa shape index (κ2) is 10.9. The molecule has 1 aromatic carbocycles. The van der Waals surface area contributed by atoms with Crippen molar-refractivity contribution in [3.05, 3.63) is 88.9 Å². The normalized spacial score (nSPS) is 11.4. The van der Waals surface area contributed by atoms with Crippen LogP contribution in [0.15, 0.2) is 71.9 Å². The predicted octanol–water partition coefficient (Wildman–Crippen LogP) is 3.92. The van der Waals surface area contributed by atoms with Crippen molar-refractivity contribution in [3.63, 3.8) is 0 Å². The number of fused-ring (bicyclic) bond motifs is 1. The van der Waals surface area contributed by atoms with Crippen molar-refractivity contribution in [2.75, 3.05) is 24.4 Å². The lowest BCUT2D eigenvalue weighted by molar-refractivity contribution is 0.102. The quantitative estimate of drug-likeness (QED) is 0.251. The molecule has 0 saturated heterocycles. The number of methoxy groups -OCH3 is 1. The van der Waals surface area contributed by atoms with Crippen LogP contribution in [0, 0.1) is 5.82 Å². The molecule has 5 rings (SSSR count). The molecule has 0 fully saturated rings. The third-order valence-corrected chi connectivity index (χ3v) is 5.75. The Morgan fingerprint density at radius 3 is 2.60 bits per heavy atom. The van der Waals surface area contributed by atoms with E-state index in [1.54, 1.807) is 31.5 Å². The Morgan fingerprint density at radius 1 is 1.07 bits per heavy atom. The lowest BCUT2D eigenvalue weighted by Crippen LogP contribution is -2.36. The van der Waals surface area contributed by atoms with Crippen molar-refractivity contribution in [1.82, 2.24) is 29.9 Å². The minimum atomic E-state index is -0.673. The highest BCUT2D eigenvalue weighted by atomic mass is 19.1. The zero-order valence-electron chi connectivity index (χ0n) is 21.8. The van der Waals surface area contributed by atoms with Gasteiger partial charge in [0.1, 0.15) is 34.1 Å². The Kier molecular flexibility index (Phi) is 7.21. The summed E-state index contributed by atoms with van der Waals surface area (Å²) >= 11 is 0. The summed E-state index contributed by atoms with van der Waals surface area (Å²) in [7, 11) is 1.63. The molecule has 204 valence electrons. The van der Waals surface area contributed by atoms with Crippen LogP contribution in [0.3, 0.4) is 0 Å². The number of carbonyl (C=O) groups is 1. The van der Waals surface area contributed by atoms with Crippen molar-refractivity contribution in [2.24, 2.45) is 0 Å². The summed E-state index contributed by atoms with van der Waals surface area (Å²) in [4.78, 5) is 34.3. The third-order valence-electron chi connectivity index (χ3n) is 5.75. The molecular weight excluding hydrogens is 519 g/mol. The number of halogens is 1. The molecule has 13 heteroatoms. The van der Waals surface area contributed by atoms with Gasteiger partial charge in [0.2, 0.25) is 0 Å². The average molecular weight is 545 g/mol. The smallest absolute Gasteiger partial charge is 0.284 e. The summed E-state index contributed by atoms with van der Waals surface area (Å²) in [5.74, 6) is 0.524. The number of nitrogens with one attached hydrogen (secondary N) is 3. The SMILES string of the molecule is COCC(C)(C)Nc1n[nH]c2nccc(Oc3ccc(NC(=O)c4ccnn(-c5ccc(F)cc5)c4=O)nc3)c12. The number of benzene rings is 1. The average Bonchev–Trinajstić information content (AvgIpc) is 3.33. The molecule has 4 aromatic heterocycles. The Morgan fingerprint density at radius 2 is 1.88 bits per heavy atom. The van der Waals surface area contributed by atoms with Crippen LogP contribution >= 0.6 is 0 Å². The summed E-state index contributed by atoms with van der Waals surface area (Å²) in [6, 6.07) is 11.4. The van der Waals surface area contributed by atoms with E-state index in [0.717, 1.165) is 4.68 Å². The van der Waals surface area contributed by atoms with Gasteiger partial charge in [-0.1, -0.05) is 0 Å². The lowest BCUT2D eigenvalue weighted by Gasteiger charge is -2.25. The minimum absolute atomic E-state index is 0.156. The summed E-state index contributed by atoms with van der Waals surface area (Å²) in [5, 5.41) is 17.8. The van der Waals surface area contributed by atoms with Crippen LogP contribution in [0.2, 0.25) is 0 Å². The number of nitrogens with zero attached hydrogens (tertiary/aromatic N) is 5. The fourth-order valence-corrected chi connectivity index (χ4v) is 3.99. The van der Waals surface area contributed by atoms with Crippen LogP contribution in [0.4, 0.5) is 16.0 Å². The fraction of sp³-hybridized carbons (Fsp3) is 0.185. The fourth-order valence-electron chi connectivity index (χ4n) is 3.99. The highest BCUT2D eigenvalue weighted by Gasteiger charge is 2.22. The van der Waals surface area contributed by atoms with Crippen molar-refractivity contribution >= 4 is 28.6 Å². The first kappa shape index (κ1) is 26.4. The molecule has 1 amide bonds. The van der Waals surface area contributed by atoms with Gasteiger partial charge in [-0.3, -0.25) is 14.7 Å². The van der Waals surface area contributed by atoms with E-state index in [4.69, 9.17) is 9.47 Å². The predicted molar refractivity (Wildman–Crippen MR) is 146 cm³/mol. The highest BCUT2D eigenvalue weighted by Crippen LogP contribution is 2.33. The molecule has 0 spiro atoms. The van der Waals surface area contributed by atoms with Crippen LogP contribution < -0.4 is 20.9 Å². The summed E-state index contributed by atoms with van der Waals surface area (Å²) in [6.07, 6.45) is 4.34. The Labute approximate surface area is 227 Å². The van der Waals surface area contributed by atoms with Crippen molar-refractivity contribution in [1.29, 1.82) is 0 Å². The van der Waals surface area contributed by atoms with Crippen molar-refractivity contribution < 1.29 is 18.7 Å². The van der Waals surface area contributed by atoms with Crippen LogP contribution in [0.25, 0.3) is 16.7 Å². The highest BCUT2D eigenvalue weighted by molar-refractivity contribution is 6.03. The molecule has 12 nitrogen and oxygen atoms in total. The molecule has 0 aliphatic carbocycles. The first-order valence-electron chi connectivity index (χ1n) is 12.1. The zero-order valence-corrected chi connectivity index (χ0v) is 21.8. The number of carbonyl (C=O) groups excluding carboxylic acids is 1. The summed E-state index contributed by atoms with van der Waals surface area (Å²) in [5.41, 5.74) is -0.357. The van der Waals surface area contributed by atoms with Gasteiger partial charge >= 0.3 is 0 Å². The summed E-state index contributed by atoms with van der Waals surface area (Å²) < 4.78 is 25.6. The van der Waals surface area contributed by atoms with Gasteiger partial charge in [0.05, 0.1) is 24.0 Å². The number of H-pyrrole nitrogens is 1. The topological polar surface area (TPSA) is 149 Å². The van der Waals surface area contributed by atoms with E-state index in [0.29, 0.717) is 40.6 Å². The molecule has 0 unspecified atom stereocenters. The van der Waals surface area contributed by atoms with E-state index in [-0.39, 0.29) is 11.4 Å². The number of hydrogen-bond acceptors (Lipinski definition) is 9.